The quantitative estimate of drug-likeness (QED) is 0.567. The number of nitrogens with one attached hydrogen (secondary N) is 1. The van der Waals surface area contributed by atoms with Gasteiger partial charge in [0, 0.05) is 25.7 Å². The lowest BCUT2D eigenvalue weighted by molar-refractivity contribution is -0.118. The molecule has 2 heterocycles. The number of hydrogen-bond donors (Lipinski definition) is 1. The fraction of sp³-hybridized carbons (Fsp3) is 0.560. The fourth-order valence-corrected chi connectivity index (χ4v) is 5.15. The molecular formula is C25H34N4O2. The van der Waals surface area contributed by atoms with Crippen LogP contribution in [0.25, 0.3) is 5.69 Å². The van der Waals surface area contributed by atoms with Crippen LogP contribution in [-0.4, -0.2) is 52.0 Å². The molecule has 0 spiro atoms. The van der Waals surface area contributed by atoms with Crippen LogP contribution in [0.2, 0.25) is 0 Å². The van der Waals surface area contributed by atoms with Crippen molar-refractivity contribution in [3.05, 3.63) is 47.3 Å². The van der Waals surface area contributed by atoms with Crippen LogP contribution in [0.1, 0.15) is 66.7 Å². The number of amides is 1. The molecule has 1 saturated heterocycles. The van der Waals surface area contributed by atoms with E-state index in [0.29, 0.717) is 17.0 Å². The first-order valence-corrected chi connectivity index (χ1v) is 11.7. The molecule has 4 rings (SSSR count). The molecule has 166 valence electrons. The number of aromatic nitrogens is 2. The Morgan fingerprint density at radius 1 is 1.00 bits per heavy atom. The number of ketones is 1. The van der Waals surface area contributed by atoms with Crippen LogP contribution in [0.4, 0.5) is 0 Å². The standard InChI is InChI=1S/C25H34N4O2/c1-18-23(19(2)29(27-18)22-11-7-4-8-12-22)24(30)25(31)26-21-13-15-28(16-14-21)17-20-9-5-3-6-10-20/h4,7-8,11-12,20-21H,3,5-6,9-10,13-17H2,1-2H3,(H,26,31). The van der Waals surface area contributed by atoms with E-state index in [0.717, 1.165) is 37.5 Å². The first-order chi connectivity index (χ1) is 15.0. The molecule has 1 aromatic heterocycles. The summed E-state index contributed by atoms with van der Waals surface area (Å²) >= 11 is 0. The predicted molar refractivity (Wildman–Crippen MR) is 122 cm³/mol. The molecule has 2 aromatic rings. The Morgan fingerprint density at radius 3 is 2.35 bits per heavy atom. The van der Waals surface area contributed by atoms with Gasteiger partial charge in [-0.25, -0.2) is 4.68 Å². The summed E-state index contributed by atoms with van der Waals surface area (Å²) in [6.45, 7) is 6.82. The molecule has 0 atom stereocenters. The molecule has 1 N–H and O–H groups in total. The van der Waals surface area contributed by atoms with E-state index in [1.54, 1.807) is 11.6 Å². The van der Waals surface area contributed by atoms with Gasteiger partial charge in [0.15, 0.2) is 0 Å². The van der Waals surface area contributed by atoms with Gasteiger partial charge in [-0.05, 0) is 57.6 Å². The van der Waals surface area contributed by atoms with E-state index in [4.69, 9.17) is 0 Å². The smallest absolute Gasteiger partial charge is 0.292 e. The number of carbonyl (C=O) groups is 2. The van der Waals surface area contributed by atoms with Gasteiger partial charge in [0.2, 0.25) is 0 Å². The monoisotopic (exact) mass is 422 g/mol. The van der Waals surface area contributed by atoms with Crippen molar-refractivity contribution in [2.24, 2.45) is 5.92 Å². The number of likely N-dealkylation sites (tertiary alicyclic amines) is 1. The molecule has 1 aliphatic heterocycles. The number of nitrogens with zero attached hydrogens (tertiary/aromatic N) is 3. The van der Waals surface area contributed by atoms with E-state index in [-0.39, 0.29) is 6.04 Å². The minimum absolute atomic E-state index is 0.0730. The molecule has 1 aromatic carbocycles. The minimum Gasteiger partial charge on any atom is -0.346 e. The Morgan fingerprint density at radius 2 is 1.68 bits per heavy atom. The van der Waals surface area contributed by atoms with E-state index in [2.05, 4.69) is 15.3 Å². The lowest BCUT2D eigenvalue weighted by Gasteiger charge is -2.35. The first-order valence-electron chi connectivity index (χ1n) is 11.7. The van der Waals surface area contributed by atoms with E-state index in [1.807, 2.05) is 37.3 Å². The predicted octanol–water partition coefficient (Wildman–Crippen LogP) is 3.83. The van der Waals surface area contributed by atoms with E-state index in [9.17, 15) is 9.59 Å². The number of benzene rings is 1. The summed E-state index contributed by atoms with van der Waals surface area (Å²) < 4.78 is 1.74. The van der Waals surface area contributed by atoms with Gasteiger partial charge in [0.05, 0.1) is 22.6 Å². The van der Waals surface area contributed by atoms with Gasteiger partial charge in [0.1, 0.15) is 0 Å². The zero-order valence-corrected chi connectivity index (χ0v) is 18.8. The van der Waals surface area contributed by atoms with Gasteiger partial charge >= 0.3 is 0 Å². The lowest BCUT2D eigenvalue weighted by Crippen LogP contribution is -2.47. The minimum atomic E-state index is -0.510. The topological polar surface area (TPSA) is 67.2 Å². The van der Waals surface area contributed by atoms with Crippen LogP contribution >= 0.6 is 0 Å². The fourth-order valence-electron chi connectivity index (χ4n) is 5.15. The van der Waals surface area contributed by atoms with E-state index in [1.165, 1.54) is 38.6 Å². The molecule has 6 heteroatoms. The van der Waals surface area contributed by atoms with Crippen molar-refractivity contribution in [1.82, 2.24) is 20.0 Å². The van der Waals surface area contributed by atoms with Gasteiger partial charge in [0.25, 0.3) is 11.7 Å². The first kappa shape index (κ1) is 21.8. The zero-order chi connectivity index (χ0) is 21.8. The molecule has 6 nitrogen and oxygen atoms in total. The molecule has 0 unspecified atom stereocenters. The largest absolute Gasteiger partial charge is 0.346 e. The maximum atomic E-state index is 13.0. The number of aryl methyl sites for hydroxylation is 1. The highest BCUT2D eigenvalue weighted by Crippen LogP contribution is 2.25. The number of piperidine rings is 1. The van der Waals surface area contributed by atoms with Gasteiger partial charge in [-0.1, -0.05) is 37.5 Å². The summed E-state index contributed by atoms with van der Waals surface area (Å²) in [6.07, 6.45) is 8.68. The Labute approximate surface area is 185 Å². The zero-order valence-electron chi connectivity index (χ0n) is 18.8. The van der Waals surface area contributed by atoms with Crippen molar-refractivity contribution >= 4 is 11.7 Å². The summed E-state index contributed by atoms with van der Waals surface area (Å²) in [7, 11) is 0. The van der Waals surface area contributed by atoms with Crippen molar-refractivity contribution < 1.29 is 9.59 Å². The van der Waals surface area contributed by atoms with Gasteiger partial charge in [-0.15, -0.1) is 0 Å². The van der Waals surface area contributed by atoms with Crippen molar-refractivity contribution in [2.45, 2.75) is 64.8 Å². The Kier molecular flexibility index (Phi) is 6.86. The molecule has 1 saturated carbocycles. The third kappa shape index (κ3) is 5.06. The number of hydrogen-bond acceptors (Lipinski definition) is 4. The highest BCUT2D eigenvalue weighted by Gasteiger charge is 2.29. The average Bonchev–Trinajstić information content (AvgIpc) is 3.09. The molecule has 31 heavy (non-hydrogen) atoms. The highest BCUT2D eigenvalue weighted by atomic mass is 16.2. The second kappa shape index (κ2) is 9.77. The highest BCUT2D eigenvalue weighted by molar-refractivity contribution is 6.43. The summed E-state index contributed by atoms with van der Waals surface area (Å²) in [5.41, 5.74) is 2.58. The maximum Gasteiger partial charge on any atom is 0.292 e. The maximum absolute atomic E-state index is 13.0. The molecular weight excluding hydrogens is 388 g/mol. The second-order valence-electron chi connectivity index (χ2n) is 9.17. The van der Waals surface area contributed by atoms with Gasteiger partial charge in [-0.2, -0.15) is 5.10 Å². The second-order valence-corrected chi connectivity index (χ2v) is 9.17. The number of rotatable bonds is 6. The van der Waals surface area contributed by atoms with Crippen molar-refractivity contribution in [3.63, 3.8) is 0 Å². The van der Waals surface area contributed by atoms with Crippen LogP contribution in [0.15, 0.2) is 30.3 Å². The summed E-state index contributed by atoms with van der Waals surface area (Å²) in [5, 5.41) is 7.50. The third-order valence-corrected chi connectivity index (χ3v) is 6.89. The third-order valence-electron chi connectivity index (χ3n) is 6.89. The van der Waals surface area contributed by atoms with Crippen LogP contribution < -0.4 is 5.32 Å². The molecule has 2 fully saturated rings. The normalized spacial score (nSPS) is 18.8. The summed E-state index contributed by atoms with van der Waals surface area (Å²) in [5.74, 6) is -0.153. The molecule has 0 radical (unpaired) electrons. The van der Waals surface area contributed by atoms with Crippen LogP contribution in [0.3, 0.4) is 0 Å². The van der Waals surface area contributed by atoms with Crippen LogP contribution in [0, 0.1) is 19.8 Å². The summed E-state index contributed by atoms with van der Waals surface area (Å²) in [6, 6.07) is 9.75. The number of para-hydroxylation sites is 1. The van der Waals surface area contributed by atoms with Crippen molar-refractivity contribution in [1.29, 1.82) is 0 Å². The molecule has 1 amide bonds. The average molecular weight is 423 g/mol. The van der Waals surface area contributed by atoms with Gasteiger partial charge < -0.3 is 10.2 Å². The lowest BCUT2D eigenvalue weighted by atomic mass is 9.88. The molecule has 0 bridgehead atoms. The molecule has 1 aliphatic carbocycles. The van der Waals surface area contributed by atoms with E-state index >= 15 is 0 Å². The van der Waals surface area contributed by atoms with E-state index < -0.39 is 11.7 Å². The Bertz CT molecular complexity index is 907. The number of Topliss-reactive ketones (excluding diaryl/α,β-unsaturated/α-hetero) is 1. The van der Waals surface area contributed by atoms with Gasteiger partial charge in [-0.3, -0.25) is 9.59 Å². The molecule has 2 aliphatic rings. The Hall–Kier alpha value is -2.47. The van der Waals surface area contributed by atoms with Crippen LogP contribution in [0.5, 0.6) is 0 Å². The van der Waals surface area contributed by atoms with Crippen LogP contribution in [-0.2, 0) is 4.79 Å². The Balaban J connectivity index is 1.33. The van der Waals surface area contributed by atoms with Crippen molar-refractivity contribution in [3.8, 4) is 5.69 Å². The SMILES string of the molecule is Cc1nn(-c2ccccc2)c(C)c1C(=O)C(=O)NC1CCN(CC2CCCCC2)CC1. The van der Waals surface area contributed by atoms with Crippen molar-refractivity contribution in [2.75, 3.05) is 19.6 Å². The summed E-state index contributed by atoms with van der Waals surface area (Å²) in [4.78, 5) is 28.2. The number of carbonyl (C=O) groups excluding carboxylic acids is 2.